The summed E-state index contributed by atoms with van der Waals surface area (Å²) in [7, 11) is -0.518. The largest absolute Gasteiger partial charge is 0.498 e. The molecular weight excluding hydrogens is 395 g/mol. The van der Waals surface area contributed by atoms with Crippen LogP contribution in [0.2, 0.25) is 0 Å². The van der Waals surface area contributed by atoms with Gasteiger partial charge in [-0.25, -0.2) is 0 Å². The van der Waals surface area contributed by atoms with E-state index in [0.717, 1.165) is 27.1 Å². The van der Waals surface area contributed by atoms with Crippen molar-refractivity contribution >= 4 is 30.1 Å². The van der Waals surface area contributed by atoms with E-state index in [2.05, 4.69) is 84.5 Å². The topological polar surface area (TPSA) is 31.6 Å². The predicted octanol–water partition coefficient (Wildman–Crippen LogP) is 5.51. The number of hydrogen-bond donors (Lipinski definition) is 0. The highest BCUT2D eigenvalue weighted by atomic mass is 16.7. The molecule has 0 atom stereocenters. The SMILES string of the molecule is C=c1/c(=C(\C=C/C)B2OC(C)(C)C(C)(C)O2)oc2c3c(ccc12)-c1ccccc1C3(C)C. The Morgan fingerprint density at radius 3 is 2.22 bits per heavy atom. The van der Waals surface area contributed by atoms with E-state index in [1.165, 1.54) is 22.3 Å². The van der Waals surface area contributed by atoms with Crippen molar-refractivity contribution in [3.05, 3.63) is 70.3 Å². The molecule has 1 aliphatic heterocycles. The molecule has 0 unspecified atom stereocenters. The quantitative estimate of drug-likeness (QED) is 0.507. The lowest BCUT2D eigenvalue weighted by molar-refractivity contribution is 0.00578. The van der Waals surface area contributed by atoms with Crippen LogP contribution in [0, 0.1) is 0 Å². The lowest BCUT2D eigenvalue weighted by Crippen LogP contribution is -2.41. The third-order valence-electron chi connectivity index (χ3n) is 7.59. The van der Waals surface area contributed by atoms with Crippen LogP contribution in [-0.4, -0.2) is 18.3 Å². The molecule has 5 rings (SSSR count). The summed E-state index contributed by atoms with van der Waals surface area (Å²) in [6.07, 6.45) is 4.02. The first-order valence-electron chi connectivity index (χ1n) is 11.4. The van der Waals surface area contributed by atoms with Crippen LogP contribution in [0.25, 0.3) is 34.1 Å². The first-order valence-corrected chi connectivity index (χ1v) is 11.4. The summed E-state index contributed by atoms with van der Waals surface area (Å²) in [4.78, 5) is 0. The van der Waals surface area contributed by atoms with Gasteiger partial charge in [0.05, 0.1) is 11.2 Å². The van der Waals surface area contributed by atoms with Crippen molar-refractivity contribution in [1.29, 1.82) is 0 Å². The minimum Gasteiger partial charge on any atom is -0.456 e. The lowest BCUT2D eigenvalue weighted by Gasteiger charge is -2.32. The van der Waals surface area contributed by atoms with Gasteiger partial charge in [-0.2, -0.15) is 0 Å². The van der Waals surface area contributed by atoms with Gasteiger partial charge in [-0.3, -0.25) is 0 Å². The van der Waals surface area contributed by atoms with Crippen LogP contribution >= 0.6 is 0 Å². The van der Waals surface area contributed by atoms with Gasteiger partial charge in [0.2, 0.25) is 0 Å². The first kappa shape index (κ1) is 21.3. The van der Waals surface area contributed by atoms with E-state index in [9.17, 15) is 0 Å². The van der Waals surface area contributed by atoms with Crippen molar-refractivity contribution < 1.29 is 13.7 Å². The Kier molecular flexibility index (Phi) is 4.48. The Morgan fingerprint density at radius 2 is 1.56 bits per heavy atom. The van der Waals surface area contributed by atoms with Crippen LogP contribution in [0.15, 0.2) is 53.0 Å². The smallest absolute Gasteiger partial charge is 0.456 e. The molecule has 0 bridgehead atoms. The highest BCUT2D eigenvalue weighted by Gasteiger charge is 2.52. The highest BCUT2D eigenvalue weighted by Crippen LogP contribution is 2.50. The summed E-state index contributed by atoms with van der Waals surface area (Å²) in [6.45, 7) is 19.2. The predicted molar refractivity (Wildman–Crippen MR) is 133 cm³/mol. The molecule has 2 aliphatic rings. The highest BCUT2D eigenvalue weighted by molar-refractivity contribution is 6.68. The molecule has 2 aromatic carbocycles. The van der Waals surface area contributed by atoms with Crippen LogP contribution in [0.3, 0.4) is 0 Å². The fourth-order valence-electron chi connectivity index (χ4n) is 5.10. The maximum Gasteiger partial charge on any atom is 0.498 e. The van der Waals surface area contributed by atoms with Crippen LogP contribution < -0.4 is 10.6 Å². The zero-order chi connectivity index (χ0) is 23.1. The van der Waals surface area contributed by atoms with Gasteiger partial charge in [-0.15, -0.1) is 0 Å². The number of furan rings is 1. The molecule has 32 heavy (non-hydrogen) atoms. The number of allylic oxidation sites excluding steroid dienone is 2. The van der Waals surface area contributed by atoms with Crippen LogP contribution in [0.4, 0.5) is 0 Å². The Hall–Kier alpha value is -2.56. The Morgan fingerprint density at radius 1 is 0.906 bits per heavy atom. The Labute approximate surface area is 190 Å². The number of fused-ring (bicyclic) bond motifs is 5. The maximum atomic E-state index is 6.66. The monoisotopic (exact) mass is 426 g/mol. The first-order chi connectivity index (χ1) is 15.0. The zero-order valence-corrected chi connectivity index (χ0v) is 20.1. The van der Waals surface area contributed by atoms with Gasteiger partial charge < -0.3 is 13.7 Å². The molecule has 0 saturated carbocycles. The van der Waals surface area contributed by atoms with Gasteiger partial charge in [0, 0.05) is 27.1 Å². The summed E-state index contributed by atoms with van der Waals surface area (Å²) in [5.41, 5.74) is 6.57. The van der Waals surface area contributed by atoms with E-state index in [-0.39, 0.29) is 5.41 Å². The molecule has 1 fully saturated rings. The lowest BCUT2D eigenvalue weighted by atomic mass is 9.77. The third-order valence-corrected chi connectivity index (χ3v) is 7.59. The summed E-state index contributed by atoms with van der Waals surface area (Å²) in [5.74, 6) is 0. The van der Waals surface area contributed by atoms with Crippen LogP contribution in [0.5, 0.6) is 0 Å². The van der Waals surface area contributed by atoms with E-state index in [1.807, 2.05) is 19.1 Å². The number of hydrogen-bond acceptors (Lipinski definition) is 3. The van der Waals surface area contributed by atoms with Gasteiger partial charge in [0.15, 0.2) is 0 Å². The molecule has 0 spiro atoms. The molecule has 4 heteroatoms. The molecule has 1 aromatic heterocycles. The van der Waals surface area contributed by atoms with Gasteiger partial charge in [-0.05, 0) is 57.4 Å². The number of rotatable bonds is 2. The van der Waals surface area contributed by atoms with E-state index < -0.39 is 18.3 Å². The minimum absolute atomic E-state index is 0.155. The fraction of sp³-hybridized carbons (Fsp3) is 0.357. The molecule has 2 heterocycles. The molecule has 0 radical (unpaired) electrons. The van der Waals surface area contributed by atoms with Crippen molar-refractivity contribution in [2.24, 2.45) is 0 Å². The second kappa shape index (κ2) is 6.72. The summed E-state index contributed by atoms with van der Waals surface area (Å²) >= 11 is 0. The van der Waals surface area contributed by atoms with E-state index in [1.54, 1.807) is 0 Å². The second-order valence-electron chi connectivity index (χ2n) is 10.5. The summed E-state index contributed by atoms with van der Waals surface area (Å²) in [5, 5.41) is 1.91. The molecule has 164 valence electrons. The van der Waals surface area contributed by atoms with E-state index >= 15 is 0 Å². The standard InChI is InChI=1S/C28H31BO3/c1-9-12-22(29-31-27(5,6)28(7,8)32-29)24-17(2)18-15-16-20-19-13-10-11-14-21(19)26(3,4)23(20)25(18)30-24/h9-16H,2H2,1,3-8H3/b12-9-,24-22-. The van der Waals surface area contributed by atoms with Crippen molar-refractivity contribution in [1.82, 2.24) is 0 Å². The average Bonchev–Trinajstić information content (AvgIpc) is 3.26. The van der Waals surface area contributed by atoms with Gasteiger partial charge in [0.1, 0.15) is 11.0 Å². The molecule has 1 saturated heterocycles. The Balaban J connectivity index is 1.80. The maximum absolute atomic E-state index is 6.66. The van der Waals surface area contributed by atoms with Gasteiger partial charge in [0.25, 0.3) is 0 Å². The van der Waals surface area contributed by atoms with Gasteiger partial charge in [-0.1, -0.05) is 62.9 Å². The second-order valence-corrected chi connectivity index (χ2v) is 10.5. The van der Waals surface area contributed by atoms with Crippen molar-refractivity contribution in [3.63, 3.8) is 0 Å². The van der Waals surface area contributed by atoms with Crippen molar-refractivity contribution in [2.75, 3.05) is 0 Å². The molecule has 3 nitrogen and oxygen atoms in total. The minimum atomic E-state index is -0.518. The third kappa shape index (κ3) is 2.76. The molecular formula is C28H31BO3. The van der Waals surface area contributed by atoms with Crippen molar-refractivity contribution in [2.45, 2.75) is 65.1 Å². The molecule has 1 aliphatic carbocycles. The molecule has 3 aromatic rings. The molecule has 0 N–H and O–H groups in total. The van der Waals surface area contributed by atoms with E-state index in [0.29, 0.717) is 0 Å². The van der Waals surface area contributed by atoms with E-state index in [4.69, 9.17) is 13.7 Å². The van der Waals surface area contributed by atoms with Crippen LogP contribution in [-0.2, 0) is 14.7 Å². The normalized spacial score (nSPS) is 21.3. The average molecular weight is 426 g/mol. The zero-order valence-electron chi connectivity index (χ0n) is 20.1. The number of benzene rings is 2. The fourth-order valence-corrected chi connectivity index (χ4v) is 5.10. The molecule has 0 amide bonds. The summed E-state index contributed by atoms with van der Waals surface area (Å²) < 4.78 is 19.4. The van der Waals surface area contributed by atoms with Crippen LogP contribution in [0.1, 0.15) is 59.6 Å². The Bertz CT molecular complexity index is 1370. The van der Waals surface area contributed by atoms with Crippen molar-refractivity contribution in [3.8, 4) is 11.1 Å². The van der Waals surface area contributed by atoms with Gasteiger partial charge >= 0.3 is 7.12 Å². The summed E-state index contributed by atoms with van der Waals surface area (Å²) in [6, 6.07) is 13.0.